The molecule has 3 aromatic rings. The lowest BCUT2D eigenvalue weighted by atomic mass is 9.96. The molecule has 0 saturated carbocycles. The zero-order valence-electron chi connectivity index (χ0n) is 12.6. The zero-order valence-corrected chi connectivity index (χ0v) is 12.6. The Morgan fingerprint density at radius 1 is 1.26 bits per heavy atom. The molecule has 1 aromatic heterocycles. The minimum Gasteiger partial charge on any atom is -0.295 e. The van der Waals surface area contributed by atoms with Crippen molar-refractivity contribution in [3.8, 4) is 17.2 Å². The van der Waals surface area contributed by atoms with E-state index in [0.29, 0.717) is 17.7 Å². The summed E-state index contributed by atoms with van der Waals surface area (Å²) >= 11 is 0. The highest BCUT2D eigenvalue weighted by atomic mass is 16.1. The van der Waals surface area contributed by atoms with E-state index in [1.165, 1.54) is 13.3 Å². The lowest BCUT2D eigenvalue weighted by Crippen LogP contribution is -2.01. The van der Waals surface area contributed by atoms with Crippen LogP contribution >= 0.6 is 0 Å². The van der Waals surface area contributed by atoms with Gasteiger partial charge in [-0.2, -0.15) is 10.4 Å². The van der Waals surface area contributed by atoms with Gasteiger partial charge >= 0.3 is 0 Å². The Bertz CT molecular complexity index is 892. The molecule has 1 heterocycles. The van der Waals surface area contributed by atoms with E-state index in [1.807, 2.05) is 30.3 Å². The molecule has 5 nitrogen and oxygen atoms in total. The Morgan fingerprint density at radius 3 is 2.83 bits per heavy atom. The van der Waals surface area contributed by atoms with Gasteiger partial charge in [-0.15, -0.1) is 0 Å². The normalized spacial score (nSPS) is 10.3. The molecule has 0 radical (unpaired) electrons. The molecule has 0 aliphatic rings. The Hall–Kier alpha value is -3.26. The van der Waals surface area contributed by atoms with Crippen LogP contribution in [0.25, 0.3) is 11.1 Å². The molecule has 0 bridgehead atoms. The van der Waals surface area contributed by atoms with Gasteiger partial charge in [0, 0.05) is 5.56 Å². The third-order valence-corrected chi connectivity index (χ3v) is 3.60. The molecule has 0 aliphatic carbocycles. The zero-order chi connectivity index (χ0) is 16.2. The summed E-state index contributed by atoms with van der Waals surface area (Å²) in [6, 6.07) is 15.2. The molecule has 23 heavy (non-hydrogen) atoms. The van der Waals surface area contributed by atoms with Crippen LogP contribution in [0.3, 0.4) is 0 Å². The van der Waals surface area contributed by atoms with Crippen LogP contribution in [0.4, 0.5) is 0 Å². The molecule has 5 heteroatoms. The minimum atomic E-state index is 0.00382. The van der Waals surface area contributed by atoms with Crippen molar-refractivity contribution in [3.63, 3.8) is 0 Å². The number of carbonyl (C=O) groups is 1. The van der Waals surface area contributed by atoms with Crippen molar-refractivity contribution >= 4 is 5.78 Å². The molecule has 0 unspecified atom stereocenters. The molecule has 3 rings (SSSR count). The molecule has 0 amide bonds. The lowest BCUT2D eigenvalue weighted by molar-refractivity contribution is 0.101. The maximum Gasteiger partial charge on any atom is 0.159 e. The van der Waals surface area contributed by atoms with Crippen LogP contribution in [-0.4, -0.2) is 20.5 Å². The van der Waals surface area contributed by atoms with Crippen molar-refractivity contribution in [2.24, 2.45) is 0 Å². The first-order chi connectivity index (χ1) is 11.2. The highest BCUT2D eigenvalue weighted by Gasteiger charge is 2.09. The number of Topliss-reactive ketones (excluding diaryl/α,β-unsaturated/α-hetero) is 1. The largest absolute Gasteiger partial charge is 0.295 e. The van der Waals surface area contributed by atoms with Gasteiger partial charge in [0.1, 0.15) is 12.7 Å². The number of hydrogen-bond donors (Lipinski definition) is 0. The molecule has 0 N–H and O–H groups in total. The van der Waals surface area contributed by atoms with E-state index in [0.717, 1.165) is 16.7 Å². The fourth-order valence-electron chi connectivity index (χ4n) is 2.43. The maximum atomic E-state index is 11.6. The van der Waals surface area contributed by atoms with Crippen LogP contribution in [0.15, 0.2) is 55.1 Å². The Labute approximate surface area is 133 Å². The van der Waals surface area contributed by atoms with Gasteiger partial charge in [-0.05, 0) is 41.8 Å². The molecular formula is C18H14N4O. The number of aromatic nitrogens is 3. The quantitative estimate of drug-likeness (QED) is 0.694. The first kappa shape index (κ1) is 14.7. The minimum absolute atomic E-state index is 0.00382. The van der Waals surface area contributed by atoms with Gasteiger partial charge in [0.2, 0.25) is 0 Å². The van der Waals surface area contributed by atoms with Gasteiger partial charge in [0.15, 0.2) is 5.78 Å². The predicted octanol–water partition coefficient (Wildman–Crippen LogP) is 3.07. The Morgan fingerprint density at radius 2 is 2.13 bits per heavy atom. The number of hydrogen-bond acceptors (Lipinski definition) is 4. The van der Waals surface area contributed by atoms with Gasteiger partial charge in [-0.1, -0.05) is 24.3 Å². The van der Waals surface area contributed by atoms with Gasteiger partial charge < -0.3 is 0 Å². The monoisotopic (exact) mass is 302 g/mol. The predicted molar refractivity (Wildman–Crippen MR) is 85.7 cm³/mol. The van der Waals surface area contributed by atoms with Crippen LogP contribution in [0.5, 0.6) is 0 Å². The van der Waals surface area contributed by atoms with E-state index in [1.54, 1.807) is 23.1 Å². The third kappa shape index (κ3) is 3.16. The molecule has 2 aromatic carbocycles. The van der Waals surface area contributed by atoms with Crippen LogP contribution in [0.2, 0.25) is 0 Å². The summed E-state index contributed by atoms with van der Waals surface area (Å²) in [6.45, 7) is 2.11. The smallest absolute Gasteiger partial charge is 0.159 e. The van der Waals surface area contributed by atoms with Crippen molar-refractivity contribution in [1.29, 1.82) is 5.26 Å². The average molecular weight is 302 g/mol. The molecule has 0 aliphatic heterocycles. The molecule has 112 valence electrons. The fraction of sp³-hybridized carbons (Fsp3) is 0.111. The average Bonchev–Trinajstić information content (AvgIpc) is 3.08. The van der Waals surface area contributed by atoms with Crippen LogP contribution in [-0.2, 0) is 6.54 Å². The number of rotatable bonds is 4. The third-order valence-electron chi connectivity index (χ3n) is 3.60. The van der Waals surface area contributed by atoms with Crippen LogP contribution in [0, 0.1) is 11.3 Å². The molecule has 0 atom stereocenters. The Kier molecular flexibility index (Phi) is 3.98. The van der Waals surface area contributed by atoms with E-state index >= 15 is 0 Å². The van der Waals surface area contributed by atoms with E-state index in [9.17, 15) is 10.1 Å². The summed E-state index contributed by atoms with van der Waals surface area (Å²) in [5.41, 5.74) is 3.89. The second-order valence-electron chi connectivity index (χ2n) is 5.22. The number of carbonyl (C=O) groups excluding carboxylic acids is 1. The van der Waals surface area contributed by atoms with Crippen molar-refractivity contribution < 1.29 is 4.79 Å². The highest BCUT2D eigenvalue weighted by molar-refractivity contribution is 5.95. The first-order valence-corrected chi connectivity index (χ1v) is 7.14. The number of benzene rings is 2. The summed E-state index contributed by atoms with van der Waals surface area (Å²) in [6.07, 6.45) is 3.13. The fourth-order valence-corrected chi connectivity index (χ4v) is 2.43. The van der Waals surface area contributed by atoms with Gasteiger partial charge in [-0.25, -0.2) is 9.67 Å². The number of nitriles is 1. The Balaban J connectivity index is 2.04. The second-order valence-corrected chi connectivity index (χ2v) is 5.22. The second kappa shape index (κ2) is 6.24. The van der Waals surface area contributed by atoms with Gasteiger partial charge in [0.05, 0.1) is 18.2 Å². The standard InChI is InChI=1S/C18H14N4O/c1-13(23)15-3-2-4-16(8-15)18-7-14(5-6-17(18)9-19)10-22-12-20-11-21-22/h2-8,11-12H,10H2,1H3. The van der Waals surface area contributed by atoms with E-state index in [-0.39, 0.29) is 5.78 Å². The van der Waals surface area contributed by atoms with Gasteiger partial charge in [0.25, 0.3) is 0 Å². The molecular weight excluding hydrogens is 288 g/mol. The summed E-state index contributed by atoms with van der Waals surface area (Å²) in [7, 11) is 0. The van der Waals surface area contributed by atoms with Gasteiger partial charge in [-0.3, -0.25) is 4.79 Å². The topological polar surface area (TPSA) is 71.6 Å². The summed E-state index contributed by atoms with van der Waals surface area (Å²) < 4.78 is 1.72. The molecule has 0 fully saturated rings. The van der Waals surface area contributed by atoms with Crippen LogP contribution < -0.4 is 0 Å². The number of nitrogens with zero attached hydrogens (tertiary/aromatic N) is 4. The van der Waals surface area contributed by atoms with E-state index in [4.69, 9.17) is 0 Å². The maximum absolute atomic E-state index is 11.6. The molecule has 0 spiro atoms. The van der Waals surface area contributed by atoms with Crippen LogP contribution in [0.1, 0.15) is 28.4 Å². The first-order valence-electron chi connectivity index (χ1n) is 7.14. The van der Waals surface area contributed by atoms with E-state index < -0.39 is 0 Å². The summed E-state index contributed by atoms with van der Waals surface area (Å²) in [5, 5.41) is 13.5. The molecule has 0 saturated heterocycles. The summed E-state index contributed by atoms with van der Waals surface area (Å²) in [4.78, 5) is 15.5. The SMILES string of the molecule is CC(=O)c1cccc(-c2cc(Cn3cncn3)ccc2C#N)c1. The highest BCUT2D eigenvalue weighted by Crippen LogP contribution is 2.26. The lowest BCUT2D eigenvalue weighted by Gasteiger charge is -2.09. The van der Waals surface area contributed by atoms with Crippen molar-refractivity contribution in [2.75, 3.05) is 0 Å². The summed E-state index contributed by atoms with van der Waals surface area (Å²) in [5.74, 6) is 0.00382. The van der Waals surface area contributed by atoms with Crippen molar-refractivity contribution in [3.05, 3.63) is 71.8 Å². The van der Waals surface area contributed by atoms with Crippen molar-refractivity contribution in [1.82, 2.24) is 14.8 Å². The van der Waals surface area contributed by atoms with E-state index in [2.05, 4.69) is 16.2 Å². The van der Waals surface area contributed by atoms with Crippen molar-refractivity contribution in [2.45, 2.75) is 13.5 Å². The number of ketones is 1.